The maximum absolute atomic E-state index is 11.9. The molecular weight excluding hydrogens is 288 g/mol. The van der Waals surface area contributed by atoms with Gasteiger partial charge in [0, 0.05) is 5.38 Å². The minimum Gasteiger partial charge on any atom is -0.461 e. The lowest BCUT2D eigenvalue weighted by molar-refractivity contribution is 0.0517. The number of thiazole rings is 1. The zero-order valence-electron chi connectivity index (χ0n) is 12.8. The fourth-order valence-corrected chi connectivity index (χ4v) is 2.83. The Morgan fingerprint density at radius 2 is 2.19 bits per heavy atom. The number of carbonyl (C=O) groups is 1. The molecule has 0 aliphatic heterocycles. The number of esters is 1. The second-order valence-corrected chi connectivity index (χ2v) is 5.88. The van der Waals surface area contributed by atoms with Gasteiger partial charge in [0.05, 0.1) is 29.5 Å². The second-order valence-electron chi connectivity index (χ2n) is 4.94. The minimum absolute atomic E-state index is 0.128. The van der Waals surface area contributed by atoms with Gasteiger partial charge in [-0.05, 0) is 19.3 Å². The van der Waals surface area contributed by atoms with E-state index in [4.69, 9.17) is 4.74 Å². The maximum Gasteiger partial charge on any atom is 0.360 e. The van der Waals surface area contributed by atoms with Crippen LogP contribution in [0.2, 0.25) is 0 Å². The third kappa shape index (κ3) is 3.47. The Bertz CT molecular complexity index is 618. The van der Waals surface area contributed by atoms with Crippen molar-refractivity contribution >= 4 is 17.3 Å². The third-order valence-electron chi connectivity index (χ3n) is 3.00. The standard InChI is InChI=1S/C14H20N4O2S/c1-5-11-15-10(8-21-11)7-18-13(9(3)4)12(16-17-18)14(19)20-6-2/h8-9H,5-7H2,1-4H3. The van der Waals surface area contributed by atoms with Crippen molar-refractivity contribution in [1.82, 2.24) is 20.0 Å². The monoisotopic (exact) mass is 308 g/mol. The summed E-state index contributed by atoms with van der Waals surface area (Å²) in [6, 6.07) is 0. The van der Waals surface area contributed by atoms with Gasteiger partial charge >= 0.3 is 5.97 Å². The Hall–Kier alpha value is -1.76. The van der Waals surface area contributed by atoms with Gasteiger partial charge in [0.1, 0.15) is 0 Å². The van der Waals surface area contributed by atoms with Gasteiger partial charge in [0.25, 0.3) is 0 Å². The largest absolute Gasteiger partial charge is 0.461 e. The van der Waals surface area contributed by atoms with E-state index in [0.717, 1.165) is 22.8 Å². The summed E-state index contributed by atoms with van der Waals surface area (Å²) in [6.07, 6.45) is 0.924. The molecule has 0 radical (unpaired) electrons. The summed E-state index contributed by atoms with van der Waals surface area (Å²) in [6.45, 7) is 8.73. The van der Waals surface area contributed by atoms with E-state index < -0.39 is 5.97 Å². The highest BCUT2D eigenvalue weighted by Crippen LogP contribution is 2.20. The molecule has 0 fully saturated rings. The van der Waals surface area contributed by atoms with E-state index >= 15 is 0 Å². The van der Waals surface area contributed by atoms with Crippen LogP contribution in [0.3, 0.4) is 0 Å². The first-order chi connectivity index (χ1) is 10.1. The lowest BCUT2D eigenvalue weighted by Crippen LogP contribution is -2.13. The minimum atomic E-state index is -0.417. The fourth-order valence-electron chi connectivity index (χ4n) is 2.09. The van der Waals surface area contributed by atoms with E-state index in [0.29, 0.717) is 18.8 Å². The van der Waals surface area contributed by atoms with Gasteiger partial charge in [-0.25, -0.2) is 14.5 Å². The van der Waals surface area contributed by atoms with Crippen molar-refractivity contribution in [2.75, 3.05) is 6.61 Å². The molecule has 0 saturated carbocycles. The van der Waals surface area contributed by atoms with Gasteiger partial charge < -0.3 is 4.74 Å². The molecule has 0 bridgehead atoms. The average Bonchev–Trinajstić information content (AvgIpc) is 3.06. The van der Waals surface area contributed by atoms with Crippen LogP contribution in [0.4, 0.5) is 0 Å². The van der Waals surface area contributed by atoms with Crippen molar-refractivity contribution in [3.05, 3.63) is 27.5 Å². The van der Waals surface area contributed by atoms with E-state index in [1.807, 2.05) is 19.2 Å². The van der Waals surface area contributed by atoms with E-state index in [1.54, 1.807) is 22.9 Å². The van der Waals surface area contributed by atoms with Crippen LogP contribution in [0.25, 0.3) is 0 Å². The van der Waals surface area contributed by atoms with Crippen molar-refractivity contribution in [3.8, 4) is 0 Å². The van der Waals surface area contributed by atoms with Gasteiger partial charge in [-0.1, -0.05) is 26.0 Å². The normalized spacial score (nSPS) is 11.1. The smallest absolute Gasteiger partial charge is 0.360 e. The zero-order chi connectivity index (χ0) is 15.4. The van der Waals surface area contributed by atoms with Crippen LogP contribution in [-0.2, 0) is 17.7 Å². The number of hydrogen-bond acceptors (Lipinski definition) is 6. The quantitative estimate of drug-likeness (QED) is 0.767. The van der Waals surface area contributed by atoms with Crippen molar-refractivity contribution in [3.63, 3.8) is 0 Å². The topological polar surface area (TPSA) is 69.9 Å². The molecule has 0 saturated heterocycles. The molecule has 2 rings (SSSR count). The number of ether oxygens (including phenoxy) is 1. The fraction of sp³-hybridized carbons (Fsp3) is 0.571. The Labute approximate surface area is 128 Å². The first-order valence-electron chi connectivity index (χ1n) is 7.10. The van der Waals surface area contributed by atoms with Crippen LogP contribution in [0.15, 0.2) is 5.38 Å². The Kier molecular flexibility index (Phi) is 5.06. The van der Waals surface area contributed by atoms with Crippen LogP contribution in [0, 0.1) is 0 Å². The summed E-state index contributed by atoms with van der Waals surface area (Å²) in [7, 11) is 0. The zero-order valence-corrected chi connectivity index (χ0v) is 13.6. The molecule has 0 aromatic carbocycles. The summed E-state index contributed by atoms with van der Waals surface area (Å²) in [5.41, 5.74) is 2.04. The van der Waals surface area contributed by atoms with Crippen molar-refractivity contribution in [2.24, 2.45) is 0 Å². The lowest BCUT2D eigenvalue weighted by atomic mass is 10.1. The van der Waals surface area contributed by atoms with Crippen LogP contribution in [0.5, 0.6) is 0 Å². The number of hydrogen-bond donors (Lipinski definition) is 0. The highest BCUT2D eigenvalue weighted by molar-refractivity contribution is 7.09. The predicted molar refractivity (Wildman–Crippen MR) is 80.7 cm³/mol. The molecule has 21 heavy (non-hydrogen) atoms. The Morgan fingerprint density at radius 3 is 2.76 bits per heavy atom. The second kappa shape index (κ2) is 6.80. The molecule has 2 aromatic heterocycles. The number of aryl methyl sites for hydroxylation is 1. The van der Waals surface area contributed by atoms with Gasteiger partial charge in [-0.2, -0.15) is 0 Å². The molecule has 7 heteroatoms. The van der Waals surface area contributed by atoms with Crippen LogP contribution >= 0.6 is 11.3 Å². The molecule has 0 spiro atoms. The molecule has 0 aliphatic carbocycles. The molecule has 0 N–H and O–H groups in total. The molecule has 0 amide bonds. The van der Waals surface area contributed by atoms with Crippen LogP contribution in [-0.4, -0.2) is 32.6 Å². The molecule has 0 unspecified atom stereocenters. The summed E-state index contributed by atoms with van der Waals surface area (Å²) in [5.74, 6) is -0.288. The third-order valence-corrected chi connectivity index (χ3v) is 4.04. The van der Waals surface area contributed by atoms with E-state index in [2.05, 4.69) is 22.2 Å². The van der Waals surface area contributed by atoms with Crippen LogP contribution < -0.4 is 0 Å². The van der Waals surface area contributed by atoms with Crippen molar-refractivity contribution < 1.29 is 9.53 Å². The van der Waals surface area contributed by atoms with Gasteiger partial charge in [0.2, 0.25) is 0 Å². The van der Waals surface area contributed by atoms with Gasteiger partial charge in [-0.3, -0.25) is 0 Å². The van der Waals surface area contributed by atoms with E-state index in [-0.39, 0.29) is 5.92 Å². The SMILES string of the molecule is CCOC(=O)c1nnn(Cc2csc(CC)n2)c1C(C)C. The Morgan fingerprint density at radius 1 is 1.43 bits per heavy atom. The molecule has 6 nitrogen and oxygen atoms in total. The predicted octanol–water partition coefficient (Wildman–Crippen LogP) is 2.65. The molecule has 114 valence electrons. The number of nitrogens with zero attached hydrogens (tertiary/aromatic N) is 4. The number of rotatable bonds is 6. The van der Waals surface area contributed by atoms with Crippen molar-refractivity contribution in [1.29, 1.82) is 0 Å². The van der Waals surface area contributed by atoms with Crippen LogP contribution in [0.1, 0.15) is 60.5 Å². The summed E-state index contributed by atoms with van der Waals surface area (Å²) in [4.78, 5) is 16.5. The van der Waals surface area contributed by atoms with Crippen molar-refractivity contribution in [2.45, 2.75) is 46.6 Å². The molecular formula is C14H20N4O2S. The van der Waals surface area contributed by atoms with Gasteiger partial charge in [0.15, 0.2) is 5.69 Å². The first-order valence-corrected chi connectivity index (χ1v) is 7.98. The highest BCUT2D eigenvalue weighted by atomic mass is 32.1. The summed E-state index contributed by atoms with van der Waals surface area (Å²) < 4.78 is 6.78. The highest BCUT2D eigenvalue weighted by Gasteiger charge is 2.23. The summed E-state index contributed by atoms with van der Waals surface area (Å²) in [5, 5.41) is 11.2. The average molecular weight is 308 g/mol. The van der Waals surface area contributed by atoms with Gasteiger partial charge in [-0.15, -0.1) is 16.4 Å². The lowest BCUT2D eigenvalue weighted by Gasteiger charge is -2.09. The maximum atomic E-state index is 11.9. The molecule has 2 heterocycles. The number of aromatic nitrogens is 4. The van der Waals surface area contributed by atoms with E-state index in [1.165, 1.54) is 0 Å². The van der Waals surface area contributed by atoms with E-state index in [9.17, 15) is 4.79 Å². The summed E-state index contributed by atoms with van der Waals surface area (Å²) >= 11 is 1.64. The Balaban J connectivity index is 2.29. The molecule has 0 aliphatic rings. The molecule has 2 aromatic rings. The number of carbonyl (C=O) groups excluding carboxylic acids is 1. The molecule has 0 atom stereocenters. The first kappa shape index (κ1) is 15.6.